The van der Waals surface area contributed by atoms with Gasteiger partial charge in [-0.2, -0.15) is 0 Å². The minimum absolute atomic E-state index is 0.215. The second-order valence-electron chi connectivity index (χ2n) is 4.89. The van der Waals surface area contributed by atoms with Crippen molar-refractivity contribution in [2.75, 3.05) is 13.1 Å². The quantitative estimate of drug-likeness (QED) is 0.845. The van der Waals surface area contributed by atoms with Crippen molar-refractivity contribution in [2.24, 2.45) is 5.73 Å². The van der Waals surface area contributed by atoms with E-state index in [0.29, 0.717) is 18.2 Å². The first-order valence-corrected chi connectivity index (χ1v) is 6.58. The van der Waals surface area contributed by atoms with E-state index in [1.54, 1.807) is 0 Å². The lowest BCUT2D eigenvalue weighted by atomic mass is 10.0. The molecule has 2 nitrogen and oxygen atoms in total. The summed E-state index contributed by atoms with van der Waals surface area (Å²) in [5.41, 5.74) is 6.18. The van der Waals surface area contributed by atoms with Crippen LogP contribution in [0.25, 0.3) is 0 Å². The molecule has 1 aromatic rings. The van der Waals surface area contributed by atoms with Gasteiger partial charge >= 0.3 is 0 Å². The molecule has 1 aliphatic carbocycles. The average molecular weight is 254 g/mol. The molecule has 1 unspecified atom stereocenters. The van der Waals surface area contributed by atoms with Crippen molar-refractivity contribution >= 4 is 0 Å². The summed E-state index contributed by atoms with van der Waals surface area (Å²) in [6, 6.07) is 3.88. The Hall–Kier alpha value is -1.00. The zero-order chi connectivity index (χ0) is 13.1. The van der Waals surface area contributed by atoms with E-state index in [2.05, 4.69) is 11.8 Å². The highest BCUT2D eigenvalue weighted by atomic mass is 19.1. The molecule has 0 spiro atoms. The number of hydrogen-bond acceptors (Lipinski definition) is 2. The maximum absolute atomic E-state index is 13.8. The molecule has 1 aliphatic rings. The number of hydrogen-bond donors (Lipinski definition) is 1. The Labute approximate surface area is 107 Å². The fourth-order valence-corrected chi connectivity index (χ4v) is 2.47. The van der Waals surface area contributed by atoms with Gasteiger partial charge in [0.1, 0.15) is 11.6 Å². The third kappa shape index (κ3) is 2.87. The van der Waals surface area contributed by atoms with Crippen LogP contribution in [0.5, 0.6) is 0 Å². The summed E-state index contributed by atoms with van der Waals surface area (Å²) in [5, 5.41) is 0. The monoisotopic (exact) mass is 254 g/mol. The summed E-state index contributed by atoms with van der Waals surface area (Å²) in [6.45, 7) is 3.28. The van der Waals surface area contributed by atoms with Gasteiger partial charge in [0.2, 0.25) is 0 Å². The van der Waals surface area contributed by atoms with Crippen LogP contribution in [0.4, 0.5) is 8.78 Å². The predicted molar refractivity (Wildman–Crippen MR) is 68.2 cm³/mol. The lowest BCUT2D eigenvalue weighted by Crippen LogP contribution is -2.36. The van der Waals surface area contributed by atoms with Gasteiger partial charge in [-0.25, -0.2) is 8.78 Å². The number of rotatable bonds is 6. The van der Waals surface area contributed by atoms with Crippen molar-refractivity contribution in [3.63, 3.8) is 0 Å². The molecule has 2 N–H and O–H groups in total. The van der Waals surface area contributed by atoms with E-state index in [1.165, 1.54) is 12.1 Å². The predicted octanol–water partition coefficient (Wildman–Crippen LogP) is 2.84. The molecule has 0 radical (unpaired) electrons. The summed E-state index contributed by atoms with van der Waals surface area (Å²) in [4.78, 5) is 2.22. The average Bonchev–Trinajstić information content (AvgIpc) is 3.17. The van der Waals surface area contributed by atoms with Gasteiger partial charge in [0.05, 0.1) is 6.04 Å². The SMILES string of the molecule is CCCN(C1CC1)C(CN)c1cc(F)ccc1F. The second-order valence-corrected chi connectivity index (χ2v) is 4.89. The maximum Gasteiger partial charge on any atom is 0.128 e. The van der Waals surface area contributed by atoms with Crippen LogP contribution in [0.1, 0.15) is 37.8 Å². The first-order chi connectivity index (χ1) is 8.67. The molecule has 1 fully saturated rings. The van der Waals surface area contributed by atoms with Gasteiger partial charge < -0.3 is 5.73 Å². The third-order valence-corrected chi connectivity index (χ3v) is 3.44. The lowest BCUT2D eigenvalue weighted by Gasteiger charge is -2.31. The van der Waals surface area contributed by atoms with E-state index < -0.39 is 5.82 Å². The van der Waals surface area contributed by atoms with Gasteiger partial charge in [-0.3, -0.25) is 4.90 Å². The van der Waals surface area contributed by atoms with Crippen molar-refractivity contribution in [1.29, 1.82) is 0 Å². The van der Waals surface area contributed by atoms with Gasteiger partial charge in [0, 0.05) is 18.2 Å². The van der Waals surface area contributed by atoms with Gasteiger partial charge in [0.25, 0.3) is 0 Å². The number of nitrogens with zero attached hydrogens (tertiary/aromatic N) is 1. The van der Waals surface area contributed by atoms with Crippen LogP contribution in [-0.4, -0.2) is 24.0 Å². The summed E-state index contributed by atoms with van der Waals surface area (Å²) in [6.07, 6.45) is 3.25. The summed E-state index contributed by atoms with van der Waals surface area (Å²) in [5.74, 6) is -0.773. The normalized spacial score (nSPS) is 17.2. The molecule has 0 aromatic heterocycles. The minimum Gasteiger partial charge on any atom is -0.329 e. The summed E-state index contributed by atoms with van der Waals surface area (Å²) >= 11 is 0. The highest BCUT2D eigenvalue weighted by Gasteiger charge is 2.34. The Morgan fingerprint density at radius 1 is 1.39 bits per heavy atom. The Bertz CT molecular complexity index is 405. The molecule has 0 amide bonds. The van der Waals surface area contributed by atoms with Gasteiger partial charge in [-0.15, -0.1) is 0 Å². The second kappa shape index (κ2) is 5.76. The molecule has 0 heterocycles. The molecule has 0 bridgehead atoms. The van der Waals surface area contributed by atoms with Crippen LogP contribution in [0.15, 0.2) is 18.2 Å². The van der Waals surface area contributed by atoms with E-state index in [9.17, 15) is 8.78 Å². The van der Waals surface area contributed by atoms with E-state index >= 15 is 0 Å². The zero-order valence-corrected chi connectivity index (χ0v) is 10.7. The van der Waals surface area contributed by atoms with Crippen LogP contribution in [0.2, 0.25) is 0 Å². The zero-order valence-electron chi connectivity index (χ0n) is 10.7. The molecular formula is C14H20F2N2. The molecule has 0 aliphatic heterocycles. The molecule has 0 saturated heterocycles. The van der Waals surface area contributed by atoms with Crippen molar-refractivity contribution in [3.8, 4) is 0 Å². The molecule has 4 heteroatoms. The topological polar surface area (TPSA) is 29.3 Å². The molecule has 1 saturated carbocycles. The van der Waals surface area contributed by atoms with E-state index in [1.807, 2.05) is 0 Å². The van der Waals surface area contributed by atoms with Crippen LogP contribution in [0, 0.1) is 11.6 Å². The fraction of sp³-hybridized carbons (Fsp3) is 0.571. The molecule has 1 aromatic carbocycles. The van der Waals surface area contributed by atoms with E-state index in [-0.39, 0.29) is 11.9 Å². The molecule has 18 heavy (non-hydrogen) atoms. The minimum atomic E-state index is -0.405. The number of halogens is 2. The van der Waals surface area contributed by atoms with E-state index in [0.717, 1.165) is 31.9 Å². The Balaban J connectivity index is 2.27. The lowest BCUT2D eigenvalue weighted by molar-refractivity contribution is 0.187. The molecule has 2 rings (SSSR count). The summed E-state index contributed by atoms with van der Waals surface area (Å²) < 4.78 is 27.1. The van der Waals surface area contributed by atoms with Crippen molar-refractivity contribution in [3.05, 3.63) is 35.4 Å². The first kappa shape index (κ1) is 13.4. The Morgan fingerprint density at radius 3 is 2.67 bits per heavy atom. The Morgan fingerprint density at radius 2 is 2.11 bits per heavy atom. The fourth-order valence-electron chi connectivity index (χ4n) is 2.47. The van der Waals surface area contributed by atoms with Gasteiger partial charge in [-0.05, 0) is 44.0 Å². The smallest absolute Gasteiger partial charge is 0.128 e. The molecular weight excluding hydrogens is 234 g/mol. The first-order valence-electron chi connectivity index (χ1n) is 6.58. The molecule has 1 atom stereocenters. The highest BCUT2D eigenvalue weighted by molar-refractivity contribution is 5.23. The number of benzene rings is 1. The summed E-state index contributed by atoms with van der Waals surface area (Å²) in [7, 11) is 0. The van der Waals surface area contributed by atoms with Crippen LogP contribution in [0.3, 0.4) is 0 Å². The largest absolute Gasteiger partial charge is 0.329 e. The van der Waals surface area contributed by atoms with E-state index in [4.69, 9.17) is 5.73 Å². The van der Waals surface area contributed by atoms with Crippen molar-refractivity contribution in [2.45, 2.75) is 38.3 Å². The van der Waals surface area contributed by atoms with Gasteiger partial charge in [-0.1, -0.05) is 6.92 Å². The van der Waals surface area contributed by atoms with Crippen molar-refractivity contribution in [1.82, 2.24) is 4.90 Å². The van der Waals surface area contributed by atoms with Crippen molar-refractivity contribution < 1.29 is 8.78 Å². The maximum atomic E-state index is 13.8. The van der Waals surface area contributed by atoms with Gasteiger partial charge in [0.15, 0.2) is 0 Å². The standard InChI is InChI=1S/C14H20F2N2/c1-2-7-18(11-4-5-11)14(9-17)12-8-10(15)3-6-13(12)16/h3,6,8,11,14H,2,4-5,7,9,17H2,1H3. The number of nitrogens with two attached hydrogens (primary N) is 1. The molecule has 100 valence electrons. The van der Waals surface area contributed by atoms with Crippen LogP contribution < -0.4 is 5.73 Å². The third-order valence-electron chi connectivity index (χ3n) is 3.44. The Kier molecular flexibility index (Phi) is 4.30. The highest BCUT2D eigenvalue weighted by Crippen LogP contribution is 2.35. The van der Waals surface area contributed by atoms with Crippen LogP contribution in [-0.2, 0) is 0 Å². The van der Waals surface area contributed by atoms with Crippen LogP contribution >= 0.6 is 0 Å².